The molecule has 2 aliphatic rings. The molecule has 1 amide bonds. The van der Waals surface area contributed by atoms with E-state index in [1.807, 2.05) is 12.1 Å². The minimum Gasteiger partial charge on any atom is -0.341 e. The van der Waals surface area contributed by atoms with Gasteiger partial charge in [0.05, 0.1) is 0 Å². The normalized spacial score (nSPS) is 23.0. The summed E-state index contributed by atoms with van der Waals surface area (Å²) in [6, 6.07) is 8.80. The highest BCUT2D eigenvalue weighted by atomic mass is 79.9. The van der Waals surface area contributed by atoms with Crippen LogP contribution in [0.4, 0.5) is 0 Å². The summed E-state index contributed by atoms with van der Waals surface area (Å²) in [7, 11) is 0. The Bertz CT molecular complexity index is 516. The number of piperazine rings is 1. The predicted octanol–water partition coefficient (Wildman–Crippen LogP) is 1.89. The van der Waals surface area contributed by atoms with Crippen molar-refractivity contribution in [1.82, 2.24) is 15.1 Å². The number of halogens is 1. The van der Waals surface area contributed by atoms with Gasteiger partial charge in [-0.1, -0.05) is 28.1 Å². The van der Waals surface area contributed by atoms with Crippen molar-refractivity contribution < 1.29 is 4.79 Å². The first-order valence-electron chi connectivity index (χ1n) is 8.19. The lowest BCUT2D eigenvalue weighted by Gasteiger charge is -2.32. The molecule has 3 rings (SSSR count). The van der Waals surface area contributed by atoms with E-state index >= 15 is 0 Å². The number of carbonyl (C=O) groups is 1. The van der Waals surface area contributed by atoms with E-state index < -0.39 is 0 Å². The standard InChI is InChI=1S/C17H24BrN3O/c18-15-3-1-2-14(12-15)4-5-17(22)21-9-6-16(13-21)20-10-7-19-8-11-20/h1-3,12,16,19H,4-11,13H2. The van der Waals surface area contributed by atoms with Crippen molar-refractivity contribution in [3.63, 3.8) is 0 Å². The van der Waals surface area contributed by atoms with Crippen molar-refractivity contribution in [3.8, 4) is 0 Å². The summed E-state index contributed by atoms with van der Waals surface area (Å²) in [5, 5.41) is 3.39. The number of benzene rings is 1. The number of nitrogens with zero attached hydrogens (tertiary/aromatic N) is 2. The monoisotopic (exact) mass is 365 g/mol. The number of rotatable bonds is 4. The molecule has 1 atom stereocenters. The summed E-state index contributed by atoms with van der Waals surface area (Å²) in [4.78, 5) is 17.0. The van der Waals surface area contributed by atoms with Gasteiger partial charge in [-0.25, -0.2) is 0 Å². The van der Waals surface area contributed by atoms with Crippen LogP contribution >= 0.6 is 15.9 Å². The number of likely N-dealkylation sites (tertiary alicyclic amines) is 1. The van der Waals surface area contributed by atoms with Crippen LogP contribution in [0.5, 0.6) is 0 Å². The summed E-state index contributed by atoms with van der Waals surface area (Å²) >= 11 is 3.48. The van der Waals surface area contributed by atoms with Crippen LogP contribution in [-0.2, 0) is 11.2 Å². The lowest BCUT2D eigenvalue weighted by atomic mass is 10.1. The number of amides is 1. The van der Waals surface area contributed by atoms with E-state index in [9.17, 15) is 4.79 Å². The molecule has 0 radical (unpaired) electrons. The molecular weight excluding hydrogens is 342 g/mol. The summed E-state index contributed by atoms with van der Waals surface area (Å²) in [5.74, 6) is 0.303. The Morgan fingerprint density at radius 3 is 2.86 bits per heavy atom. The molecule has 2 heterocycles. The van der Waals surface area contributed by atoms with Gasteiger partial charge in [0.25, 0.3) is 0 Å². The fourth-order valence-electron chi connectivity index (χ4n) is 3.42. The lowest BCUT2D eigenvalue weighted by Crippen LogP contribution is -2.49. The van der Waals surface area contributed by atoms with Gasteiger partial charge < -0.3 is 10.2 Å². The second kappa shape index (κ2) is 7.57. The van der Waals surface area contributed by atoms with Gasteiger partial charge in [0.1, 0.15) is 0 Å². The fraction of sp³-hybridized carbons (Fsp3) is 0.588. The Morgan fingerprint density at radius 1 is 1.27 bits per heavy atom. The minimum absolute atomic E-state index is 0.303. The number of aryl methyl sites for hydroxylation is 1. The lowest BCUT2D eigenvalue weighted by molar-refractivity contribution is -0.130. The molecule has 2 aliphatic heterocycles. The van der Waals surface area contributed by atoms with E-state index in [-0.39, 0.29) is 0 Å². The first-order valence-corrected chi connectivity index (χ1v) is 8.98. The van der Waals surface area contributed by atoms with E-state index in [1.165, 1.54) is 5.56 Å². The molecule has 0 spiro atoms. The zero-order chi connectivity index (χ0) is 15.4. The highest BCUT2D eigenvalue weighted by Crippen LogP contribution is 2.18. The molecule has 2 saturated heterocycles. The zero-order valence-corrected chi connectivity index (χ0v) is 14.5. The molecular formula is C17H24BrN3O. The van der Waals surface area contributed by atoms with Crippen molar-refractivity contribution in [1.29, 1.82) is 0 Å². The molecule has 1 N–H and O–H groups in total. The average Bonchev–Trinajstić information content (AvgIpc) is 3.04. The number of hydrogen-bond donors (Lipinski definition) is 1. The van der Waals surface area contributed by atoms with E-state index in [2.05, 4.69) is 43.2 Å². The Balaban J connectivity index is 1.47. The largest absolute Gasteiger partial charge is 0.341 e. The zero-order valence-electron chi connectivity index (χ0n) is 12.9. The maximum absolute atomic E-state index is 12.4. The summed E-state index contributed by atoms with van der Waals surface area (Å²) in [6.45, 7) is 6.22. The van der Waals surface area contributed by atoms with E-state index in [0.717, 1.165) is 56.6 Å². The Kier molecular flexibility index (Phi) is 5.50. The Hall–Kier alpha value is -0.910. The second-order valence-electron chi connectivity index (χ2n) is 6.20. The third kappa shape index (κ3) is 4.09. The maximum Gasteiger partial charge on any atom is 0.222 e. The molecule has 5 heteroatoms. The topological polar surface area (TPSA) is 35.6 Å². The summed E-state index contributed by atoms with van der Waals surface area (Å²) < 4.78 is 1.08. The first kappa shape index (κ1) is 16.0. The second-order valence-corrected chi connectivity index (χ2v) is 7.11. The molecule has 22 heavy (non-hydrogen) atoms. The first-order chi connectivity index (χ1) is 10.7. The van der Waals surface area contributed by atoms with Crippen LogP contribution in [0, 0.1) is 0 Å². The number of hydrogen-bond acceptors (Lipinski definition) is 3. The Labute approximate surface area is 141 Å². The van der Waals surface area contributed by atoms with Crippen molar-refractivity contribution in [2.24, 2.45) is 0 Å². The van der Waals surface area contributed by atoms with Crippen LogP contribution in [0.3, 0.4) is 0 Å². The van der Waals surface area contributed by atoms with E-state index in [0.29, 0.717) is 18.4 Å². The van der Waals surface area contributed by atoms with Crippen LogP contribution in [0.2, 0.25) is 0 Å². The molecule has 4 nitrogen and oxygen atoms in total. The molecule has 1 aromatic rings. The average molecular weight is 366 g/mol. The summed E-state index contributed by atoms with van der Waals surface area (Å²) in [6.07, 6.45) is 2.57. The summed E-state index contributed by atoms with van der Waals surface area (Å²) in [5.41, 5.74) is 1.22. The van der Waals surface area contributed by atoms with Gasteiger partial charge in [-0.15, -0.1) is 0 Å². The van der Waals surface area contributed by atoms with Crippen LogP contribution in [0.15, 0.2) is 28.7 Å². The fourth-order valence-corrected chi connectivity index (χ4v) is 3.86. The molecule has 2 fully saturated rings. The van der Waals surface area contributed by atoms with Crippen molar-refractivity contribution >= 4 is 21.8 Å². The quantitative estimate of drug-likeness (QED) is 0.884. The van der Waals surface area contributed by atoms with Crippen LogP contribution < -0.4 is 5.32 Å². The van der Waals surface area contributed by atoms with Gasteiger partial charge in [0.2, 0.25) is 5.91 Å². The van der Waals surface area contributed by atoms with Gasteiger partial charge in [-0.3, -0.25) is 9.69 Å². The van der Waals surface area contributed by atoms with Gasteiger partial charge in [0.15, 0.2) is 0 Å². The smallest absolute Gasteiger partial charge is 0.222 e. The molecule has 120 valence electrons. The van der Waals surface area contributed by atoms with Crippen LogP contribution in [0.1, 0.15) is 18.4 Å². The number of nitrogens with one attached hydrogen (secondary N) is 1. The minimum atomic E-state index is 0.303. The van der Waals surface area contributed by atoms with E-state index in [4.69, 9.17) is 0 Å². The number of carbonyl (C=O) groups excluding carboxylic acids is 1. The highest BCUT2D eigenvalue weighted by Gasteiger charge is 2.30. The van der Waals surface area contributed by atoms with Gasteiger partial charge in [-0.2, -0.15) is 0 Å². The Morgan fingerprint density at radius 2 is 2.09 bits per heavy atom. The predicted molar refractivity (Wildman–Crippen MR) is 91.9 cm³/mol. The third-order valence-corrected chi connectivity index (χ3v) is 5.19. The molecule has 0 bridgehead atoms. The van der Waals surface area contributed by atoms with Crippen LogP contribution in [-0.4, -0.2) is 61.0 Å². The SMILES string of the molecule is O=C(CCc1cccc(Br)c1)N1CCC(N2CCNCC2)C1. The van der Waals surface area contributed by atoms with Gasteiger partial charge in [-0.05, 0) is 30.5 Å². The molecule has 0 saturated carbocycles. The molecule has 0 aromatic heterocycles. The van der Waals surface area contributed by atoms with Gasteiger partial charge >= 0.3 is 0 Å². The van der Waals surface area contributed by atoms with Crippen molar-refractivity contribution in [2.45, 2.75) is 25.3 Å². The van der Waals surface area contributed by atoms with Crippen molar-refractivity contribution in [2.75, 3.05) is 39.3 Å². The van der Waals surface area contributed by atoms with E-state index in [1.54, 1.807) is 0 Å². The van der Waals surface area contributed by atoms with Crippen LogP contribution in [0.25, 0.3) is 0 Å². The maximum atomic E-state index is 12.4. The van der Waals surface area contributed by atoms with Crippen molar-refractivity contribution in [3.05, 3.63) is 34.3 Å². The van der Waals surface area contributed by atoms with Gasteiger partial charge in [0, 0.05) is 56.2 Å². The molecule has 1 aromatic carbocycles. The molecule has 0 aliphatic carbocycles. The third-order valence-electron chi connectivity index (χ3n) is 4.70. The molecule has 1 unspecified atom stereocenters. The highest BCUT2D eigenvalue weighted by molar-refractivity contribution is 9.10.